The van der Waals surface area contributed by atoms with Crippen molar-refractivity contribution in [3.05, 3.63) is 35.9 Å². The molecule has 1 aromatic rings. The van der Waals surface area contributed by atoms with Crippen LogP contribution < -0.4 is 0 Å². The lowest BCUT2D eigenvalue weighted by Gasteiger charge is -2.45. The quantitative estimate of drug-likeness (QED) is 0.271. The van der Waals surface area contributed by atoms with Gasteiger partial charge in [-0.3, -0.25) is 0 Å². The monoisotopic (exact) mass is 568 g/mol. The number of carbonyl (C=O) groups is 2. The van der Waals surface area contributed by atoms with Gasteiger partial charge < -0.3 is 19.7 Å². The maximum atomic E-state index is 12.6. The molecule has 0 saturated carbocycles. The van der Waals surface area contributed by atoms with E-state index < -0.39 is 52.7 Å². The van der Waals surface area contributed by atoms with E-state index in [9.17, 15) is 19.8 Å². The van der Waals surface area contributed by atoms with Crippen LogP contribution in [0.5, 0.6) is 0 Å². The fourth-order valence-electron chi connectivity index (χ4n) is 5.07. The van der Waals surface area contributed by atoms with Crippen molar-refractivity contribution in [1.82, 2.24) is 0 Å². The lowest BCUT2D eigenvalue weighted by atomic mass is 9.87. The fourth-order valence-corrected chi connectivity index (χ4v) is 5.07. The van der Waals surface area contributed by atoms with Crippen molar-refractivity contribution in [2.75, 3.05) is 0 Å². The molecule has 2 N–H and O–H groups in total. The Morgan fingerprint density at radius 3 is 1.77 bits per heavy atom. The first kappa shape index (κ1) is 34.1. The first-order chi connectivity index (χ1) is 18.5. The van der Waals surface area contributed by atoms with E-state index in [1.165, 1.54) is 0 Å². The van der Waals surface area contributed by atoms with E-state index >= 15 is 0 Å². The van der Waals surface area contributed by atoms with Gasteiger partial charge in [0.1, 0.15) is 23.4 Å². The summed E-state index contributed by atoms with van der Waals surface area (Å²) in [6, 6.07) is 9.15. The molecule has 0 bridgehead atoms. The third-order valence-electron chi connectivity index (χ3n) is 6.97. The molecule has 3 rings (SSSR count). The summed E-state index contributed by atoms with van der Waals surface area (Å²) < 4.78 is 11.1. The van der Waals surface area contributed by atoms with Gasteiger partial charge in [0.25, 0.3) is 5.60 Å². The number of rotatable bonds is 12. The van der Waals surface area contributed by atoms with Crippen LogP contribution in [-0.4, -0.2) is 63.4 Å². The van der Waals surface area contributed by atoms with Crippen LogP contribution >= 0.6 is 0 Å². The Bertz CT molecular complexity index is 956. The van der Waals surface area contributed by atoms with Crippen molar-refractivity contribution in [2.45, 2.75) is 141 Å². The number of hydrogen-bond donors (Lipinski definition) is 2. The summed E-state index contributed by atoms with van der Waals surface area (Å²) in [7, 11) is 0. The van der Waals surface area contributed by atoms with Crippen molar-refractivity contribution >= 4 is 11.9 Å². The van der Waals surface area contributed by atoms with Gasteiger partial charge in [0.2, 0.25) is 5.60 Å². The Kier molecular flexibility index (Phi) is 11.7. The minimum atomic E-state index is -1.24. The van der Waals surface area contributed by atoms with E-state index in [1.807, 2.05) is 44.2 Å². The van der Waals surface area contributed by atoms with Gasteiger partial charge in [0.15, 0.2) is 0 Å². The number of esters is 2. The minimum Gasteiger partial charge on any atom is -0.457 e. The van der Waals surface area contributed by atoms with Crippen LogP contribution in [0.15, 0.2) is 30.3 Å². The molecule has 0 amide bonds. The molecule has 6 atom stereocenters. The van der Waals surface area contributed by atoms with Crippen LogP contribution in [0, 0.1) is 0 Å². The molecule has 2 aliphatic rings. The summed E-state index contributed by atoms with van der Waals surface area (Å²) in [6.07, 6.45) is 1.17. The number of benzene rings is 1. The van der Waals surface area contributed by atoms with E-state index in [1.54, 1.807) is 48.5 Å². The smallest absolute Gasteiger partial charge is 0.350 e. The summed E-state index contributed by atoms with van der Waals surface area (Å²) in [6.45, 7) is 16.1. The lowest BCUT2D eigenvalue weighted by Crippen LogP contribution is -2.62. The molecule has 1 aromatic carbocycles. The summed E-state index contributed by atoms with van der Waals surface area (Å²) >= 11 is 0. The average molecular weight is 569 g/mol. The summed E-state index contributed by atoms with van der Waals surface area (Å²) in [5, 5.41) is 18.9. The van der Waals surface area contributed by atoms with Gasteiger partial charge in [-0.1, -0.05) is 50.6 Å². The number of ether oxygens (including phenoxy) is 2. The van der Waals surface area contributed by atoms with Crippen molar-refractivity contribution in [2.24, 2.45) is 0 Å². The molecule has 2 saturated heterocycles. The fraction of sp³-hybridized carbons (Fsp3) is 0.733. The minimum absolute atomic E-state index is 0.239. The molecule has 0 radical (unpaired) electrons. The molecular weight excluding hydrogens is 520 g/mol. The summed E-state index contributed by atoms with van der Waals surface area (Å²) in [5.74, 6) is -0.900. The number of aliphatic hydroxyl groups is 2. The zero-order valence-electron chi connectivity index (χ0n) is 25.4. The van der Waals surface area contributed by atoms with E-state index in [0.717, 1.165) is 12.8 Å². The molecule has 10 nitrogen and oxygen atoms in total. The van der Waals surface area contributed by atoms with Crippen LogP contribution in [0.2, 0.25) is 0 Å². The van der Waals surface area contributed by atoms with Gasteiger partial charge in [-0.25, -0.2) is 29.1 Å². The highest BCUT2D eigenvalue weighted by molar-refractivity contribution is 5.83. The molecule has 40 heavy (non-hydrogen) atoms. The third-order valence-corrected chi connectivity index (χ3v) is 6.97. The Hall–Kier alpha value is -2.08. The predicted molar refractivity (Wildman–Crippen MR) is 147 cm³/mol. The Labute approximate surface area is 238 Å². The average Bonchev–Trinajstić information content (AvgIpc) is 2.80. The molecule has 228 valence electrons. The Morgan fingerprint density at radius 2 is 1.43 bits per heavy atom. The summed E-state index contributed by atoms with van der Waals surface area (Å²) in [5.41, 5.74) is -3.03. The normalized spacial score (nSPS) is 27.7. The zero-order valence-corrected chi connectivity index (χ0v) is 25.4. The number of hydrogen-bond acceptors (Lipinski definition) is 10. The molecule has 2 heterocycles. The molecule has 0 spiro atoms. The van der Waals surface area contributed by atoms with Crippen LogP contribution in [-0.2, 0) is 44.2 Å². The highest BCUT2D eigenvalue weighted by atomic mass is 17.3. The topological polar surface area (TPSA) is 130 Å². The van der Waals surface area contributed by atoms with Gasteiger partial charge in [-0.05, 0) is 61.3 Å². The number of carbonyl (C=O) groups excluding carboxylic acids is 2. The first-order valence-corrected chi connectivity index (χ1v) is 14.1. The molecule has 2 aliphatic heterocycles. The maximum absolute atomic E-state index is 12.6. The molecular formula is C30H48O10. The van der Waals surface area contributed by atoms with Gasteiger partial charge in [0.05, 0.1) is 12.2 Å². The van der Waals surface area contributed by atoms with Crippen molar-refractivity contribution < 1.29 is 48.8 Å². The van der Waals surface area contributed by atoms with E-state index in [2.05, 4.69) is 0 Å². The second-order valence-electron chi connectivity index (χ2n) is 12.0. The second-order valence-corrected chi connectivity index (χ2v) is 12.0. The molecule has 6 unspecified atom stereocenters. The molecule has 2 fully saturated rings. The Balaban J connectivity index is 0.000000282. The van der Waals surface area contributed by atoms with Crippen molar-refractivity contribution in [1.29, 1.82) is 0 Å². The molecule has 10 heteroatoms. The van der Waals surface area contributed by atoms with E-state index in [4.69, 9.17) is 29.0 Å². The highest BCUT2D eigenvalue weighted by Crippen LogP contribution is 2.42. The van der Waals surface area contributed by atoms with Crippen LogP contribution in [0.1, 0.15) is 100.0 Å². The Morgan fingerprint density at radius 1 is 0.900 bits per heavy atom. The van der Waals surface area contributed by atoms with E-state index in [0.29, 0.717) is 24.8 Å². The highest BCUT2D eigenvalue weighted by Gasteiger charge is 2.60. The largest absolute Gasteiger partial charge is 0.457 e. The second kappa shape index (κ2) is 13.7. The van der Waals surface area contributed by atoms with Crippen molar-refractivity contribution in [3.63, 3.8) is 0 Å². The maximum Gasteiger partial charge on any atom is 0.350 e. The number of aliphatic hydroxyl groups excluding tert-OH is 2. The predicted octanol–water partition coefficient (Wildman–Crippen LogP) is 4.68. The van der Waals surface area contributed by atoms with E-state index in [-0.39, 0.29) is 6.10 Å². The zero-order chi connectivity index (χ0) is 30.4. The van der Waals surface area contributed by atoms with Gasteiger partial charge in [0, 0.05) is 18.4 Å². The van der Waals surface area contributed by atoms with Crippen LogP contribution in [0.4, 0.5) is 0 Å². The van der Waals surface area contributed by atoms with Gasteiger partial charge in [-0.15, -0.1) is 0 Å². The lowest BCUT2D eigenvalue weighted by molar-refractivity contribution is -0.501. The third kappa shape index (κ3) is 8.02. The SMILES string of the molecule is CC(O)CC(C)(C)OC(=O)C1(c2ccccc2)OOC1C.CCCC1OOC1(CC)C(=O)OC(C)(C)CC(C)O. The summed E-state index contributed by atoms with van der Waals surface area (Å²) in [4.78, 5) is 45.3. The standard InChI is InChI=1S/C16H22O5.C14H26O5/c1-11(17)10-15(3,4)19-14(18)16(12(2)20-21-16)13-8-6-5-7-9-13;1-6-8-11-14(7-2,19-18-11)12(16)17-13(4,5)9-10(3)15/h5-9,11-12,17H,10H2,1-4H3;10-11,15H,6-9H2,1-5H3. The molecule has 0 aliphatic carbocycles. The van der Waals surface area contributed by atoms with Crippen LogP contribution in [0.25, 0.3) is 0 Å². The van der Waals surface area contributed by atoms with Gasteiger partial charge >= 0.3 is 11.9 Å². The van der Waals surface area contributed by atoms with Crippen molar-refractivity contribution in [3.8, 4) is 0 Å². The van der Waals surface area contributed by atoms with Gasteiger partial charge in [-0.2, -0.15) is 0 Å². The first-order valence-electron chi connectivity index (χ1n) is 14.1. The molecule has 0 aromatic heterocycles. The van der Waals surface area contributed by atoms with Crippen LogP contribution in [0.3, 0.4) is 0 Å².